The minimum atomic E-state index is -0.394. The molecule has 7 heterocycles. The number of nitrogens with one attached hydrogen (secondary N) is 1. The Labute approximate surface area is 384 Å². The number of carbonyl (C=O) groups is 2. The van der Waals surface area contributed by atoms with Crippen molar-refractivity contribution in [2.75, 3.05) is 50.3 Å². The van der Waals surface area contributed by atoms with E-state index in [1.54, 1.807) is 11.7 Å². The molecule has 0 bridgehead atoms. The smallest absolute Gasteiger partial charge is 0.222 e. The summed E-state index contributed by atoms with van der Waals surface area (Å²) in [6.45, 7) is 11.0. The van der Waals surface area contributed by atoms with Gasteiger partial charge in [0.15, 0.2) is 28.9 Å². The van der Waals surface area contributed by atoms with E-state index in [9.17, 15) is 9.59 Å². The number of fused-ring (bicyclic) bond motifs is 2. The first-order valence-electron chi connectivity index (χ1n) is 23.8. The van der Waals surface area contributed by atoms with Gasteiger partial charge in [-0.3, -0.25) is 14.3 Å². The van der Waals surface area contributed by atoms with E-state index in [1.165, 1.54) is 6.33 Å². The molecule has 18 heteroatoms. The van der Waals surface area contributed by atoms with Crippen molar-refractivity contribution < 1.29 is 18.5 Å². The van der Waals surface area contributed by atoms with Crippen LogP contribution < -0.4 is 16.8 Å². The number of anilines is 2. The Morgan fingerprint density at radius 2 is 1.56 bits per heavy atom. The van der Waals surface area contributed by atoms with E-state index in [0.29, 0.717) is 63.7 Å². The fraction of sp³-hybridized carbons (Fsp3) is 0.562. The fourth-order valence-corrected chi connectivity index (χ4v) is 9.91. The fourth-order valence-electron chi connectivity index (χ4n) is 9.91. The number of nitrogens with zero attached hydrogens (tertiary/aromatic N) is 11. The zero-order valence-corrected chi connectivity index (χ0v) is 38.7. The van der Waals surface area contributed by atoms with E-state index in [2.05, 4.69) is 51.2 Å². The highest BCUT2D eigenvalue weighted by molar-refractivity contribution is 6.00. The van der Waals surface area contributed by atoms with Crippen molar-refractivity contribution in [2.45, 2.75) is 128 Å². The molecular formula is C48H63FN14O3. The Balaban J connectivity index is 0.700. The summed E-state index contributed by atoms with van der Waals surface area (Å²) in [5.41, 5.74) is 16.1. The quantitative estimate of drug-likeness (QED) is 0.0762. The summed E-state index contributed by atoms with van der Waals surface area (Å²) in [6, 6.07) is 3.84. The first-order chi connectivity index (χ1) is 31.9. The molecular weight excluding hydrogens is 840 g/mol. The van der Waals surface area contributed by atoms with Crippen molar-refractivity contribution in [3.63, 3.8) is 0 Å². The first-order valence-corrected chi connectivity index (χ1v) is 23.8. The van der Waals surface area contributed by atoms with Crippen molar-refractivity contribution >= 4 is 45.4 Å². The number of carbonyl (C=O) groups excluding carboxylic acids is 2. The van der Waals surface area contributed by atoms with Gasteiger partial charge in [-0.05, 0) is 121 Å². The predicted octanol–water partition coefficient (Wildman–Crippen LogP) is 7.39. The zero-order valence-electron chi connectivity index (χ0n) is 38.7. The van der Waals surface area contributed by atoms with Crippen molar-refractivity contribution in [1.82, 2.24) is 54.5 Å². The van der Waals surface area contributed by atoms with Gasteiger partial charge in [0.2, 0.25) is 11.8 Å². The number of unbranched alkanes of at least 4 members (excludes halogenated alkanes) is 4. The van der Waals surface area contributed by atoms with Gasteiger partial charge in [-0.2, -0.15) is 10.2 Å². The number of benzene rings is 1. The number of amides is 2. The molecule has 2 amide bonds. The van der Waals surface area contributed by atoms with Gasteiger partial charge < -0.3 is 31.1 Å². The van der Waals surface area contributed by atoms with Gasteiger partial charge in [0.25, 0.3) is 0 Å². The third-order valence-corrected chi connectivity index (χ3v) is 13.8. The van der Waals surface area contributed by atoms with Crippen LogP contribution in [0, 0.1) is 5.82 Å². The number of hydrogen-bond acceptors (Lipinski definition) is 13. The number of primary amides is 1. The third-order valence-electron chi connectivity index (χ3n) is 13.8. The number of hydrogen-bond donors (Lipinski definition) is 3. The van der Waals surface area contributed by atoms with Crippen LogP contribution in [-0.4, -0.2) is 106 Å². The van der Waals surface area contributed by atoms with Crippen molar-refractivity contribution in [1.29, 1.82) is 0 Å². The van der Waals surface area contributed by atoms with Gasteiger partial charge in [0, 0.05) is 63.2 Å². The van der Waals surface area contributed by atoms with E-state index in [0.717, 1.165) is 126 Å². The molecule has 1 saturated carbocycles. The second kappa shape index (κ2) is 19.1. The molecule has 0 unspecified atom stereocenters. The predicted molar refractivity (Wildman–Crippen MR) is 251 cm³/mol. The minimum Gasteiger partial charge on any atom is -0.383 e. The molecule has 5 N–H and O–H groups in total. The number of halogens is 1. The lowest BCUT2D eigenvalue weighted by atomic mass is 9.88. The van der Waals surface area contributed by atoms with Crippen LogP contribution in [0.2, 0.25) is 0 Å². The number of nitrogens with two attached hydrogens (primary N) is 2. The van der Waals surface area contributed by atoms with Crippen molar-refractivity contribution in [3.05, 3.63) is 53.6 Å². The summed E-state index contributed by atoms with van der Waals surface area (Å²) in [5.74, 6) is 2.56. The number of rotatable bonds is 17. The molecule has 3 fully saturated rings. The molecule has 17 nitrogen and oxygen atoms in total. The van der Waals surface area contributed by atoms with Crippen LogP contribution in [-0.2, 0) is 22.2 Å². The molecule has 66 heavy (non-hydrogen) atoms. The number of aryl methyl sites for hydroxylation is 1. The zero-order chi connectivity index (χ0) is 46.1. The number of piperidine rings is 2. The molecule has 2 saturated heterocycles. The lowest BCUT2D eigenvalue weighted by Crippen LogP contribution is -2.37. The number of nitrogen functional groups attached to an aromatic ring is 1. The second-order valence-corrected chi connectivity index (χ2v) is 19.5. The van der Waals surface area contributed by atoms with Gasteiger partial charge >= 0.3 is 0 Å². The summed E-state index contributed by atoms with van der Waals surface area (Å²) >= 11 is 0. The van der Waals surface area contributed by atoms with Crippen LogP contribution in [0.15, 0.2) is 35.4 Å². The Bertz CT molecular complexity index is 2680. The second-order valence-electron chi connectivity index (χ2n) is 19.5. The topological polar surface area (TPSA) is 218 Å². The maximum atomic E-state index is 15.8. The van der Waals surface area contributed by atoms with Crippen molar-refractivity contribution in [3.8, 4) is 22.8 Å². The molecule has 0 atom stereocenters. The Kier molecular flexibility index (Phi) is 13.0. The highest BCUT2D eigenvalue weighted by Gasteiger charge is 2.37. The highest BCUT2D eigenvalue weighted by atomic mass is 19.1. The summed E-state index contributed by atoms with van der Waals surface area (Å²) in [6.07, 6.45) is 17.1. The molecule has 1 aliphatic carbocycles. The van der Waals surface area contributed by atoms with Gasteiger partial charge in [-0.25, -0.2) is 29.0 Å². The van der Waals surface area contributed by atoms with Gasteiger partial charge in [-0.1, -0.05) is 30.5 Å². The largest absolute Gasteiger partial charge is 0.383 e. The summed E-state index contributed by atoms with van der Waals surface area (Å²) in [4.78, 5) is 47.5. The maximum Gasteiger partial charge on any atom is 0.222 e. The SMILES string of the molecule is Cn1nc(NCCC(N)=O)c2ccc(C3CCN(CCCCCCCC(=O)N4CCC(c5cnc(-c6c(-c7nn(C(C)(C)C)c8ncnc(N)c78)noc6C6CC6)nc5)CC4)CC3)c(F)c21. The van der Waals surface area contributed by atoms with E-state index in [-0.39, 0.29) is 41.4 Å². The van der Waals surface area contributed by atoms with Crippen LogP contribution in [0.3, 0.4) is 0 Å². The average molecular weight is 903 g/mol. The Hall–Kier alpha value is -6.04. The Morgan fingerprint density at radius 1 is 0.848 bits per heavy atom. The Morgan fingerprint density at radius 3 is 2.27 bits per heavy atom. The molecule has 9 rings (SSSR count). The molecule has 0 spiro atoms. The molecule has 2 aliphatic heterocycles. The normalized spacial score (nSPS) is 16.8. The molecule has 6 aromatic rings. The highest BCUT2D eigenvalue weighted by Crippen LogP contribution is 2.48. The van der Waals surface area contributed by atoms with Crippen LogP contribution in [0.1, 0.15) is 139 Å². The molecule has 1 aromatic carbocycles. The minimum absolute atomic E-state index is 0.174. The van der Waals surface area contributed by atoms with E-state index in [4.69, 9.17) is 31.1 Å². The van der Waals surface area contributed by atoms with Gasteiger partial charge in [0.05, 0.1) is 16.5 Å². The van der Waals surface area contributed by atoms with Gasteiger partial charge in [-0.15, -0.1) is 0 Å². The number of likely N-dealkylation sites (tertiary alicyclic amines) is 2. The molecule has 3 aliphatic rings. The first kappa shape index (κ1) is 45.1. The van der Waals surface area contributed by atoms with Crippen molar-refractivity contribution in [2.24, 2.45) is 12.8 Å². The van der Waals surface area contributed by atoms with Crippen LogP contribution in [0.25, 0.3) is 44.7 Å². The lowest BCUT2D eigenvalue weighted by Gasteiger charge is -2.32. The lowest BCUT2D eigenvalue weighted by molar-refractivity contribution is -0.132. The summed E-state index contributed by atoms with van der Waals surface area (Å²) in [5, 5.41) is 18.4. The van der Waals surface area contributed by atoms with E-state index >= 15 is 4.39 Å². The average Bonchev–Trinajstić information content (AvgIpc) is 3.78. The van der Waals surface area contributed by atoms with E-state index in [1.807, 2.05) is 34.1 Å². The van der Waals surface area contributed by atoms with Crippen LogP contribution in [0.4, 0.5) is 16.0 Å². The third kappa shape index (κ3) is 9.46. The van der Waals surface area contributed by atoms with E-state index < -0.39 is 5.91 Å². The number of aromatic nitrogens is 9. The molecule has 350 valence electrons. The standard InChI is InChI=1S/C48H63FN14O3/c1-48(2,3)63-47-38(44(51)55-28-56-47)40(57-63)41-37(43(66-59-41)31-11-12-31)46-53-26-32(27-54-46)29-18-24-62(25-19-29)36(65)10-8-6-5-7-9-21-61-22-16-30(17-23-61)33-13-14-34-42(39(33)49)60(4)58-45(34)52-20-15-35(50)64/h13-14,26-31H,5-12,15-25H2,1-4H3,(H2,50,64)(H,52,58)(H2,51,55,56). The van der Waals surface area contributed by atoms with Gasteiger partial charge in [0.1, 0.15) is 29.0 Å². The summed E-state index contributed by atoms with van der Waals surface area (Å²) in [7, 11) is 1.75. The van der Waals surface area contributed by atoms with Crippen LogP contribution in [0.5, 0.6) is 0 Å². The maximum absolute atomic E-state index is 15.8. The molecule has 5 aromatic heterocycles. The summed E-state index contributed by atoms with van der Waals surface area (Å²) < 4.78 is 25.3. The molecule has 0 radical (unpaired) electrons. The monoisotopic (exact) mass is 903 g/mol. The van der Waals surface area contributed by atoms with Crippen LogP contribution >= 0.6 is 0 Å².